The summed E-state index contributed by atoms with van der Waals surface area (Å²) in [6, 6.07) is 51.9. The van der Waals surface area contributed by atoms with Crippen LogP contribution in [0.3, 0.4) is 0 Å². The van der Waals surface area contributed by atoms with E-state index in [1.165, 1.54) is 43.6 Å². The number of nitrogens with zero attached hydrogens (tertiary/aromatic N) is 4. The zero-order valence-electron chi connectivity index (χ0n) is 26.4. The second-order valence-corrected chi connectivity index (χ2v) is 12.1. The Bertz CT molecular complexity index is 2580. The summed E-state index contributed by atoms with van der Waals surface area (Å²) in [4.78, 5) is 7.21. The zero-order valence-corrected chi connectivity index (χ0v) is 26.4. The number of rotatable bonds is 4. The molecule has 0 fully saturated rings. The van der Waals surface area contributed by atoms with Crippen molar-refractivity contribution in [2.24, 2.45) is 4.99 Å². The molecule has 0 saturated carbocycles. The fourth-order valence-corrected chi connectivity index (χ4v) is 7.19. The number of aromatic nitrogens is 2. The van der Waals surface area contributed by atoms with Crippen molar-refractivity contribution in [3.63, 3.8) is 0 Å². The highest BCUT2D eigenvalue weighted by atomic mass is 15.2. The first-order chi connectivity index (χ1) is 23.8. The molecule has 0 saturated heterocycles. The third kappa shape index (κ3) is 4.42. The Labute approximate surface area is 279 Å². The average molecular weight is 617 g/mol. The first-order valence-electron chi connectivity index (χ1n) is 16.3. The number of hydrogen-bond donors (Lipinski definition) is 0. The Morgan fingerprint density at radius 3 is 1.60 bits per heavy atom. The van der Waals surface area contributed by atoms with Crippen LogP contribution < -0.4 is 4.90 Å². The van der Waals surface area contributed by atoms with Gasteiger partial charge in [-0.25, -0.2) is 0 Å². The van der Waals surface area contributed by atoms with Gasteiger partial charge in [0.1, 0.15) is 5.84 Å². The fraction of sp³-hybridized carbons (Fsp3) is 0.0227. The molecule has 2 aromatic heterocycles. The molecule has 0 spiro atoms. The number of fused-ring (bicyclic) bond motifs is 7. The Kier molecular flexibility index (Phi) is 6.65. The van der Waals surface area contributed by atoms with Gasteiger partial charge in [0.25, 0.3) is 0 Å². The second-order valence-electron chi connectivity index (χ2n) is 12.1. The summed E-state index contributed by atoms with van der Waals surface area (Å²) in [7, 11) is 0. The minimum atomic E-state index is 0.576. The molecule has 0 unspecified atom stereocenters. The molecule has 0 bridgehead atoms. The van der Waals surface area contributed by atoms with Crippen LogP contribution in [0.1, 0.15) is 5.56 Å². The summed E-state index contributed by atoms with van der Waals surface area (Å²) in [5, 5.41) is 4.94. The minimum absolute atomic E-state index is 0.576. The van der Waals surface area contributed by atoms with Crippen molar-refractivity contribution in [2.45, 2.75) is 0 Å². The van der Waals surface area contributed by atoms with E-state index in [1.54, 1.807) is 0 Å². The van der Waals surface area contributed by atoms with Gasteiger partial charge < -0.3 is 9.13 Å². The molecule has 228 valence electrons. The molecular weight excluding hydrogens is 585 g/mol. The Morgan fingerprint density at radius 1 is 0.479 bits per heavy atom. The lowest BCUT2D eigenvalue weighted by molar-refractivity contribution is 1.15. The molecule has 0 amide bonds. The molecule has 0 atom stereocenters. The molecule has 0 aliphatic carbocycles. The lowest BCUT2D eigenvalue weighted by atomic mass is 10.1. The van der Waals surface area contributed by atoms with Crippen LogP contribution in [0.25, 0.3) is 55.0 Å². The van der Waals surface area contributed by atoms with E-state index in [4.69, 9.17) is 4.99 Å². The highest BCUT2D eigenvalue weighted by Crippen LogP contribution is 2.41. The summed E-state index contributed by atoms with van der Waals surface area (Å²) < 4.78 is 4.85. The van der Waals surface area contributed by atoms with E-state index in [2.05, 4.69) is 166 Å². The number of aliphatic imine (C=N–C) groups is 1. The molecule has 48 heavy (non-hydrogen) atoms. The van der Waals surface area contributed by atoms with E-state index in [0.717, 1.165) is 34.2 Å². The molecule has 1 aliphatic heterocycles. The van der Waals surface area contributed by atoms with Crippen molar-refractivity contribution in [1.29, 1.82) is 0 Å². The van der Waals surface area contributed by atoms with E-state index < -0.39 is 0 Å². The quantitative estimate of drug-likeness (QED) is 0.193. The predicted molar refractivity (Wildman–Crippen MR) is 203 cm³/mol. The zero-order chi connectivity index (χ0) is 32.0. The van der Waals surface area contributed by atoms with Gasteiger partial charge in [0, 0.05) is 49.9 Å². The Morgan fingerprint density at radius 2 is 1.00 bits per heavy atom. The highest BCUT2D eigenvalue weighted by molar-refractivity contribution is 6.24. The van der Waals surface area contributed by atoms with E-state index in [1.807, 2.05) is 24.3 Å². The van der Waals surface area contributed by atoms with Crippen LogP contribution in [-0.2, 0) is 0 Å². The Hall–Kier alpha value is -6.39. The first kappa shape index (κ1) is 27.9. The minimum Gasteiger partial charge on any atom is -0.307 e. The number of amidine groups is 1. The second kappa shape index (κ2) is 11.4. The monoisotopic (exact) mass is 616 g/mol. The number of anilines is 1. The van der Waals surface area contributed by atoms with Crippen LogP contribution in [0, 0.1) is 0 Å². The van der Waals surface area contributed by atoms with Crippen molar-refractivity contribution < 1.29 is 0 Å². The van der Waals surface area contributed by atoms with Gasteiger partial charge in [0.05, 0.1) is 28.6 Å². The topological polar surface area (TPSA) is 25.5 Å². The average Bonchev–Trinajstić information content (AvgIpc) is 3.69. The van der Waals surface area contributed by atoms with Gasteiger partial charge in [-0.15, -0.1) is 0 Å². The maximum atomic E-state index is 5.07. The van der Waals surface area contributed by atoms with E-state index >= 15 is 0 Å². The lowest BCUT2D eigenvalue weighted by Crippen LogP contribution is -2.30. The molecule has 3 heterocycles. The van der Waals surface area contributed by atoms with E-state index in [9.17, 15) is 0 Å². The first-order valence-corrected chi connectivity index (χ1v) is 16.3. The van der Waals surface area contributed by atoms with E-state index in [0.29, 0.717) is 6.54 Å². The highest BCUT2D eigenvalue weighted by Gasteiger charge is 2.22. The maximum Gasteiger partial charge on any atom is 0.140 e. The molecule has 0 radical (unpaired) electrons. The van der Waals surface area contributed by atoms with Crippen LogP contribution >= 0.6 is 0 Å². The standard InChI is InChI=1S/C44H32N4/c1-31-15-5-4-14-30-45-44(46(31)33-16-6-2-7-17-33)32-24-26-35(27-25-32)48-41-23-13-11-21-37(41)39-29-28-38-36-20-10-12-22-40(36)47(42(38)43(39)48)34-18-8-3-9-19-34/h2-29H,1,30H2/b14-4-,15-5-,45-44?. The van der Waals surface area contributed by atoms with Crippen LogP contribution in [-0.4, -0.2) is 21.5 Å². The number of para-hydroxylation sites is 4. The normalized spacial score (nSPS) is 15.0. The molecule has 4 nitrogen and oxygen atoms in total. The van der Waals surface area contributed by atoms with Crippen molar-refractivity contribution in [2.75, 3.05) is 11.4 Å². The van der Waals surface area contributed by atoms with Gasteiger partial charge in [-0.3, -0.25) is 9.89 Å². The SMILES string of the molecule is C=C1/C=C\C=C/CN=C(c2ccc(-n3c4ccccc4c4ccc5c6ccccc6n(-c6ccccc6)c5c43)cc2)N1c1ccccc1. The van der Waals surface area contributed by atoms with Gasteiger partial charge in [-0.2, -0.15) is 0 Å². The van der Waals surface area contributed by atoms with Crippen LogP contribution in [0.4, 0.5) is 5.69 Å². The molecule has 9 rings (SSSR count). The molecule has 1 aliphatic rings. The van der Waals surface area contributed by atoms with Crippen LogP contribution in [0.15, 0.2) is 187 Å². The maximum absolute atomic E-state index is 5.07. The van der Waals surface area contributed by atoms with Crippen LogP contribution in [0.2, 0.25) is 0 Å². The molecular formula is C44H32N4. The summed E-state index contributed by atoms with van der Waals surface area (Å²) >= 11 is 0. The predicted octanol–water partition coefficient (Wildman–Crippen LogP) is 10.8. The van der Waals surface area contributed by atoms with Gasteiger partial charge in [-0.05, 0) is 66.7 Å². The van der Waals surface area contributed by atoms with Crippen LogP contribution in [0.5, 0.6) is 0 Å². The van der Waals surface area contributed by atoms with E-state index in [-0.39, 0.29) is 0 Å². The van der Waals surface area contributed by atoms with Crippen molar-refractivity contribution in [3.8, 4) is 11.4 Å². The van der Waals surface area contributed by atoms with Gasteiger partial charge in [-0.1, -0.05) is 110 Å². The molecule has 8 aromatic rings. The molecule has 4 heteroatoms. The van der Waals surface area contributed by atoms with Gasteiger partial charge >= 0.3 is 0 Å². The van der Waals surface area contributed by atoms with Gasteiger partial charge in [0.2, 0.25) is 0 Å². The smallest absolute Gasteiger partial charge is 0.140 e. The van der Waals surface area contributed by atoms with Crippen molar-refractivity contribution in [3.05, 3.63) is 188 Å². The van der Waals surface area contributed by atoms with Crippen molar-refractivity contribution in [1.82, 2.24) is 9.13 Å². The Balaban J connectivity index is 1.29. The number of benzene rings is 6. The summed E-state index contributed by atoms with van der Waals surface area (Å²) in [5.74, 6) is 0.864. The third-order valence-electron chi connectivity index (χ3n) is 9.26. The summed E-state index contributed by atoms with van der Waals surface area (Å²) in [5.41, 5.74) is 9.90. The summed E-state index contributed by atoms with van der Waals surface area (Å²) in [6.45, 7) is 4.99. The fourth-order valence-electron chi connectivity index (χ4n) is 7.19. The molecule has 0 N–H and O–H groups in total. The molecule has 6 aromatic carbocycles. The van der Waals surface area contributed by atoms with Crippen molar-refractivity contribution >= 4 is 55.1 Å². The van der Waals surface area contributed by atoms with Gasteiger partial charge in [0.15, 0.2) is 0 Å². The number of hydrogen-bond acceptors (Lipinski definition) is 2. The number of allylic oxidation sites excluding steroid dienone is 3. The largest absolute Gasteiger partial charge is 0.307 e. The summed E-state index contributed by atoms with van der Waals surface area (Å²) in [6.07, 6.45) is 8.16. The lowest BCUT2D eigenvalue weighted by Gasteiger charge is -2.27. The third-order valence-corrected chi connectivity index (χ3v) is 9.26.